The lowest BCUT2D eigenvalue weighted by atomic mass is 10.2. The number of carbonyl (C=O) groups is 2. The molecule has 0 aliphatic carbocycles. The standard InChI is InChI=1S/C21H17Cl2N3O3S/c22-15-9-7-13(8-10-15)19(27)26-11-2-1-6-17(20(26)28)30-21-25-24-18(29-21)14-4-3-5-16(23)12-14/h3-5,7-10,12,17H,1-2,6,11H2/t17-/m1/s1. The van der Waals surface area contributed by atoms with Crippen LogP contribution >= 0.6 is 35.0 Å². The van der Waals surface area contributed by atoms with Gasteiger partial charge in [-0.15, -0.1) is 10.2 Å². The van der Waals surface area contributed by atoms with Crippen molar-refractivity contribution in [2.75, 3.05) is 6.54 Å². The molecule has 3 aromatic rings. The van der Waals surface area contributed by atoms with Crippen molar-refractivity contribution in [1.82, 2.24) is 15.1 Å². The molecule has 1 aliphatic rings. The Morgan fingerprint density at radius 1 is 1.07 bits per heavy atom. The number of thioether (sulfide) groups is 1. The molecule has 2 amide bonds. The van der Waals surface area contributed by atoms with Crippen LogP contribution in [-0.2, 0) is 4.79 Å². The highest BCUT2D eigenvalue weighted by molar-refractivity contribution is 8.00. The second-order valence-corrected chi connectivity index (χ2v) is 8.81. The maximum atomic E-state index is 13.1. The number of imide groups is 1. The molecule has 1 saturated heterocycles. The number of hydrogen-bond donors (Lipinski definition) is 0. The van der Waals surface area contributed by atoms with Gasteiger partial charge < -0.3 is 4.42 Å². The number of amides is 2. The highest BCUT2D eigenvalue weighted by Crippen LogP contribution is 2.32. The van der Waals surface area contributed by atoms with Crippen LogP contribution in [0.1, 0.15) is 29.6 Å². The largest absolute Gasteiger partial charge is 0.411 e. The molecule has 154 valence electrons. The number of likely N-dealkylation sites (tertiary alicyclic amines) is 1. The van der Waals surface area contributed by atoms with Crippen LogP contribution in [0.2, 0.25) is 10.0 Å². The van der Waals surface area contributed by atoms with Gasteiger partial charge in [-0.2, -0.15) is 0 Å². The average molecular weight is 462 g/mol. The van der Waals surface area contributed by atoms with E-state index in [1.807, 2.05) is 6.07 Å². The fourth-order valence-electron chi connectivity index (χ4n) is 3.18. The second-order valence-electron chi connectivity index (χ2n) is 6.79. The van der Waals surface area contributed by atoms with Crippen LogP contribution in [0.25, 0.3) is 11.5 Å². The lowest BCUT2D eigenvalue weighted by molar-refractivity contribution is -0.127. The van der Waals surface area contributed by atoms with Gasteiger partial charge in [0.05, 0.1) is 5.25 Å². The van der Waals surface area contributed by atoms with E-state index in [1.54, 1.807) is 42.5 Å². The molecule has 0 unspecified atom stereocenters. The number of halogens is 2. The third kappa shape index (κ3) is 4.69. The number of hydrogen-bond acceptors (Lipinski definition) is 6. The summed E-state index contributed by atoms with van der Waals surface area (Å²) in [6, 6.07) is 13.6. The minimum Gasteiger partial charge on any atom is -0.411 e. The number of carbonyl (C=O) groups excluding carboxylic acids is 2. The molecule has 4 rings (SSSR count). The van der Waals surface area contributed by atoms with Crippen molar-refractivity contribution in [2.45, 2.75) is 29.7 Å². The molecule has 1 aromatic heterocycles. The van der Waals surface area contributed by atoms with Gasteiger partial charge in [0, 0.05) is 27.7 Å². The molecule has 0 N–H and O–H groups in total. The SMILES string of the molecule is O=C(c1ccc(Cl)cc1)N1CCCC[C@@H](Sc2nnc(-c3cccc(Cl)c3)o2)C1=O. The molecule has 0 bridgehead atoms. The van der Waals surface area contributed by atoms with Gasteiger partial charge in [0.15, 0.2) is 0 Å². The second kappa shape index (κ2) is 9.20. The van der Waals surface area contributed by atoms with Crippen molar-refractivity contribution in [1.29, 1.82) is 0 Å². The van der Waals surface area contributed by atoms with E-state index in [0.29, 0.717) is 40.0 Å². The van der Waals surface area contributed by atoms with E-state index in [2.05, 4.69) is 10.2 Å². The van der Waals surface area contributed by atoms with E-state index < -0.39 is 5.25 Å². The quantitative estimate of drug-likeness (QED) is 0.486. The molecule has 2 aromatic carbocycles. The predicted molar refractivity (Wildman–Crippen MR) is 116 cm³/mol. The zero-order valence-electron chi connectivity index (χ0n) is 15.8. The number of rotatable bonds is 4. The van der Waals surface area contributed by atoms with Gasteiger partial charge in [0.2, 0.25) is 11.8 Å². The molecule has 2 heterocycles. The first-order valence-electron chi connectivity index (χ1n) is 9.38. The van der Waals surface area contributed by atoms with Crippen molar-refractivity contribution in [3.8, 4) is 11.5 Å². The maximum absolute atomic E-state index is 13.1. The van der Waals surface area contributed by atoms with Crippen LogP contribution in [0.15, 0.2) is 58.2 Å². The number of benzene rings is 2. The van der Waals surface area contributed by atoms with Gasteiger partial charge in [-0.3, -0.25) is 14.5 Å². The minimum atomic E-state index is -0.476. The highest BCUT2D eigenvalue weighted by atomic mass is 35.5. The van der Waals surface area contributed by atoms with Gasteiger partial charge in [0.1, 0.15) is 0 Å². The summed E-state index contributed by atoms with van der Waals surface area (Å²) in [5.41, 5.74) is 1.13. The van der Waals surface area contributed by atoms with Crippen molar-refractivity contribution < 1.29 is 14.0 Å². The summed E-state index contributed by atoms with van der Waals surface area (Å²) in [7, 11) is 0. The average Bonchev–Trinajstić information content (AvgIpc) is 3.13. The molecular formula is C21H17Cl2N3O3S. The van der Waals surface area contributed by atoms with Gasteiger partial charge in [-0.05, 0) is 55.3 Å². The molecular weight excluding hydrogens is 445 g/mol. The van der Waals surface area contributed by atoms with Crippen LogP contribution in [0, 0.1) is 0 Å². The topological polar surface area (TPSA) is 76.3 Å². The van der Waals surface area contributed by atoms with E-state index in [0.717, 1.165) is 12.8 Å². The summed E-state index contributed by atoms with van der Waals surface area (Å²) >= 11 is 13.1. The van der Waals surface area contributed by atoms with Gasteiger partial charge in [-0.1, -0.05) is 47.5 Å². The predicted octanol–water partition coefficient (Wildman–Crippen LogP) is 5.36. The Labute approximate surface area is 187 Å². The summed E-state index contributed by atoms with van der Waals surface area (Å²) in [5, 5.41) is 9.01. The highest BCUT2D eigenvalue weighted by Gasteiger charge is 2.33. The number of aromatic nitrogens is 2. The van der Waals surface area contributed by atoms with Crippen LogP contribution < -0.4 is 0 Å². The van der Waals surface area contributed by atoms with E-state index in [-0.39, 0.29) is 17.0 Å². The Hall–Kier alpha value is -2.35. The van der Waals surface area contributed by atoms with E-state index >= 15 is 0 Å². The molecule has 9 heteroatoms. The molecule has 1 aliphatic heterocycles. The van der Waals surface area contributed by atoms with Crippen LogP contribution in [0.4, 0.5) is 0 Å². The lowest BCUT2D eigenvalue weighted by Gasteiger charge is -2.21. The third-order valence-electron chi connectivity index (χ3n) is 4.70. The molecule has 1 fully saturated rings. The van der Waals surface area contributed by atoms with Gasteiger partial charge in [-0.25, -0.2) is 0 Å². The van der Waals surface area contributed by atoms with Crippen LogP contribution in [0.5, 0.6) is 0 Å². The maximum Gasteiger partial charge on any atom is 0.277 e. The Morgan fingerprint density at radius 2 is 1.87 bits per heavy atom. The van der Waals surface area contributed by atoms with Crippen molar-refractivity contribution >= 4 is 46.8 Å². The van der Waals surface area contributed by atoms with Crippen molar-refractivity contribution in [2.24, 2.45) is 0 Å². The van der Waals surface area contributed by atoms with Crippen LogP contribution in [-0.4, -0.2) is 38.7 Å². The van der Waals surface area contributed by atoms with Crippen molar-refractivity contribution in [3.05, 3.63) is 64.1 Å². The summed E-state index contributed by atoms with van der Waals surface area (Å²) < 4.78 is 5.72. The van der Waals surface area contributed by atoms with E-state index in [9.17, 15) is 9.59 Å². The van der Waals surface area contributed by atoms with Crippen molar-refractivity contribution in [3.63, 3.8) is 0 Å². The zero-order chi connectivity index (χ0) is 21.1. The summed E-state index contributed by atoms with van der Waals surface area (Å²) in [5.74, 6) is -0.246. The minimum absolute atomic E-state index is 0.250. The molecule has 30 heavy (non-hydrogen) atoms. The summed E-state index contributed by atoms with van der Waals surface area (Å²) in [6.07, 6.45) is 2.20. The molecule has 0 saturated carbocycles. The first-order chi connectivity index (χ1) is 14.5. The third-order valence-corrected chi connectivity index (χ3v) is 6.27. The zero-order valence-corrected chi connectivity index (χ0v) is 18.1. The summed E-state index contributed by atoms with van der Waals surface area (Å²) in [4.78, 5) is 27.3. The Bertz CT molecular complexity index is 1070. The molecule has 6 nitrogen and oxygen atoms in total. The molecule has 0 radical (unpaired) electrons. The van der Waals surface area contributed by atoms with E-state index in [1.165, 1.54) is 16.7 Å². The fourth-order valence-corrected chi connectivity index (χ4v) is 4.47. The first-order valence-corrected chi connectivity index (χ1v) is 11.0. The smallest absolute Gasteiger partial charge is 0.277 e. The van der Waals surface area contributed by atoms with Crippen LogP contribution in [0.3, 0.4) is 0 Å². The summed E-state index contributed by atoms with van der Waals surface area (Å²) in [6.45, 7) is 0.384. The van der Waals surface area contributed by atoms with Gasteiger partial charge >= 0.3 is 0 Å². The Balaban J connectivity index is 1.50. The van der Waals surface area contributed by atoms with E-state index in [4.69, 9.17) is 27.6 Å². The normalized spacial score (nSPS) is 17.1. The first kappa shape index (κ1) is 20.9. The monoisotopic (exact) mass is 461 g/mol. The lowest BCUT2D eigenvalue weighted by Crippen LogP contribution is -2.41. The molecule has 0 spiro atoms. The van der Waals surface area contributed by atoms with Gasteiger partial charge in [0.25, 0.3) is 11.1 Å². The molecule has 1 atom stereocenters. The Kier molecular flexibility index (Phi) is 6.41. The fraction of sp³-hybridized carbons (Fsp3) is 0.238. The Morgan fingerprint density at radius 3 is 2.63 bits per heavy atom. The number of nitrogens with zero attached hydrogens (tertiary/aromatic N) is 3.